The maximum absolute atomic E-state index is 6.25. The van der Waals surface area contributed by atoms with Crippen LogP contribution in [0.25, 0.3) is 0 Å². The SMILES string of the molecule is NCC1(N2CCCSCC2)CCCC(C2CC2)C1. The minimum absolute atomic E-state index is 0.371. The maximum Gasteiger partial charge on any atom is 0.0334 e. The van der Waals surface area contributed by atoms with Crippen LogP contribution in [0.5, 0.6) is 0 Å². The highest BCUT2D eigenvalue weighted by Gasteiger charge is 2.44. The molecule has 3 fully saturated rings. The molecule has 1 aliphatic heterocycles. The molecule has 2 nitrogen and oxygen atoms in total. The van der Waals surface area contributed by atoms with E-state index in [-0.39, 0.29) is 0 Å². The van der Waals surface area contributed by atoms with Gasteiger partial charge in [0.2, 0.25) is 0 Å². The second-order valence-electron chi connectivity index (χ2n) is 6.58. The van der Waals surface area contributed by atoms with Gasteiger partial charge in [0.25, 0.3) is 0 Å². The summed E-state index contributed by atoms with van der Waals surface area (Å²) in [5.41, 5.74) is 6.63. The molecule has 0 amide bonds. The number of hydrogen-bond donors (Lipinski definition) is 1. The Bertz CT molecular complexity index is 272. The summed E-state index contributed by atoms with van der Waals surface area (Å²) in [6.07, 6.45) is 10.0. The second-order valence-corrected chi connectivity index (χ2v) is 7.80. The Hall–Kier alpha value is 0.270. The van der Waals surface area contributed by atoms with E-state index in [1.807, 2.05) is 0 Å². The van der Waals surface area contributed by atoms with Crippen LogP contribution in [0.1, 0.15) is 44.9 Å². The first kappa shape index (κ1) is 13.3. The van der Waals surface area contributed by atoms with Crippen molar-refractivity contribution >= 4 is 11.8 Å². The first-order valence-corrected chi connectivity index (χ1v) is 9.02. The van der Waals surface area contributed by atoms with Gasteiger partial charge in [0.1, 0.15) is 0 Å². The van der Waals surface area contributed by atoms with Gasteiger partial charge in [-0.3, -0.25) is 4.90 Å². The largest absolute Gasteiger partial charge is 0.329 e. The van der Waals surface area contributed by atoms with Gasteiger partial charge in [0, 0.05) is 24.4 Å². The van der Waals surface area contributed by atoms with E-state index in [1.165, 1.54) is 69.5 Å². The third-order valence-corrected chi connectivity index (χ3v) is 6.47. The van der Waals surface area contributed by atoms with Crippen LogP contribution in [-0.2, 0) is 0 Å². The van der Waals surface area contributed by atoms with Crippen molar-refractivity contribution in [3.05, 3.63) is 0 Å². The number of hydrogen-bond acceptors (Lipinski definition) is 3. The zero-order valence-corrected chi connectivity index (χ0v) is 12.4. The van der Waals surface area contributed by atoms with Crippen molar-refractivity contribution in [2.45, 2.75) is 50.5 Å². The van der Waals surface area contributed by atoms with Gasteiger partial charge < -0.3 is 5.73 Å². The Morgan fingerprint density at radius 2 is 1.94 bits per heavy atom. The second kappa shape index (κ2) is 5.72. The van der Waals surface area contributed by atoms with Crippen LogP contribution in [0.15, 0.2) is 0 Å². The number of rotatable bonds is 3. The predicted molar refractivity (Wildman–Crippen MR) is 80.0 cm³/mol. The zero-order valence-electron chi connectivity index (χ0n) is 11.6. The Morgan fingerprint density at radius 3 is 2.72 bits per heavy atom. The van der Waals surface area contributed by atoms with Crippen molar-refractivity contribution in [2.24, 2.45) is 17.6 Å². The van der Waals surface area contributed by atoms with Gasteiger partial charge in [0.05, 0.1) is 0 Å². The quantitative estimate of drug-likeness (QED) is 0.853. The van der Waals surface area contributed by atoms with Crippen LogP contribution < -0.4 is 5.73 Å². The van der Waals surface area contributed by atoms with E-state index in [0.29, 0.717) is 5.54 Å². The van der Waals surface area contributed by atoms with Crippen LogP contribution in [0.2, 0.25) is 0 Å². The van der Waals surface area contributed by atoms with E-state index in [2.05, 4.69) is 16.7 Å². The summed E-state index contributed by atoms with van der Waals surface area (Å²) in [7, 11) is 0. The number of thioether (sulfide) groups is 1. The Kier molecular flexibility index (Phi) is 4.21. The maximum atomic E-state index is 6.25. The van der Waals surface area contributed by atoms with Crippen LogP contribution >= 0.6 is 11.8 Å². The lowest BCUT2D eigenvalue weighted by Crippen LogP contribution is -2.57. The lowest BCUT2D eigenvalue weighted by atomic mass is 9.72. The molecule has 18 heavy (non-hydrogen) atoms. The molecular formula is C15H28N2S. The van der Waals surface area contributed by atoms with Gasteiger partial charge in [-0.05, 0) is 56.2 Å². The predicted octanol–water partition coefficient (Wildman–Crippen LogP) is 2.72. The molecule has 2 N–H and O–H groups in total. The summed E-state index contributed by atoms with van der Waals surface area (Å²) < 4.78 is 0. The first-order chi connectivity index (χ1) is 8.84. The fraction of sp³-hybridized carbons (Fsp3) is 1.00. The molecule has 3 rings (SSSR count). The lowest BCUT2D eigenvalue weighted by molar-refractivity contribution is 0.0368. The highest BCUT2D eigenvalue weighted by atomic mass is 32.2. The molecule has 2 aliphatic carbocycles. The molecule has 104 valence electrons. The normalized spacial score (nSPS) is 39.5. The van der Waals surface area contributed by atoms with Gasteiger partial charge in [0.15, 0.2) is 0 Å². The van der Waals surface area contributed by atoms with Crippen molar-refractivity contribution in [1.29, 1.82) is 0 Å². The van der Waals surface area contributed by atoms with Gasteiger partial charge in [-0.15, -0.1) is 0 Å². The van der Waals surface area contributed by atoms with Crippen molar-refractivity contribution < 1.29 is 0 Å². The first-order valence-electron chi connectivity index (χ1n) is 7.87. The van der Waals surface area contributed by atoms with Crippen LogP contribution in [-0.4, -0.2) is 41.6 Å². The molecule has 2 unspecified atom stereocenters. The van der Waals surface area contributed by atoms with E-state index in [1.54, 1.807) is 0 Å². The average molecular weight is 268 g/mol. The van der Waals surface area contributed by atoms with E-state index in [4.69, 9.17) is 5.73 Å². The number of nitrogens with two attached hydrogens (primary N) is 1. The minimum atomic E-state index is 0.371. The molecule has 0 radical (unpaired) electrons. The van der Waals surface area contributed by atoms with Gasteiger partial charge >= 0.3 is 0 Å². The summed E-state index contributed by atoms with van der Waals surface area (Å²) in [6.45, 7) is 3.46. The zero-order chi connectivity index (χ0) is 12.4. The van der Waals surface area contributed by atoms with Crippen LogP contribution in [0.4, 0.5) is 0 Å². The molecule has 0 aromatic rings. The molecule has 0 aromatic carbocycles. The molecule has 1 saturated heterocycles. The standard InChI is InChI=1S/C15H28N2S/c16-12-15(17-7-2-9-18-10-8-17)6-1-3-14(11-15)13-4-5-13/h13-14H,1-12,16H2. The van der Waals surface area contributed by atoms with Crippen LogP contribution in [0.3, 0.4) is 0 Å². The Morgan fingerprint density at radius 1 is 1.06 bits per heavy atom. The third-order valence-electron chi connectivity index (χ3n) is 5.42. The van der Waals surface area contributed by atoms with Gasteiger partial charge in [-0.1, -0.05) is 12.8 Å². The van der Waals surface area contributed by atoms with E-state index in [9.17, 15) is 0 Å². The summed E-state index contributed by atoms with van der Waals surface area (Å²) >= 11 is 2.13. The molecular weight excluding hydrogens is 240 g/mol. The summed E-state index contributed by atoms with van der Waals surface area (Å²) in [5.74, 6) is 4.73. The summed E-state index contributed by atoms with van der Waals surface area (Å²) in [5, 5.41) is 0. The minimum Gasteiger partial charge on any atom is -0.329 e. The topological polar surface area (TPSA) is 29.3 Å². The van der Waals surface area contributed by atoms with Crippen LogP contribution in [0, 0.1) is 11.8 Å². The molecule has 3 heteroatoms. The van der Waals surface area contributed by atoms with Gasteiger partial charge in [-0.2, -0.15) is 11.8 Å². The van der Waals surface area contributed by atoms with Crippen molar-refractivity contribution in [3.8, 4) is 0 Å². The van der Waals surface area contributed by atoms with Crippen molar-refractivity contribution in [3.63, 3.8) is 0 Å². The molecule has 0 spiro atoms. The third kappa shape index (κ3) is 2.73. The smallest absolute Gasteiger partial charge is 0.0334 e. The van der Waals surface area contributed by atoms with Crippen molar-refractivity contribution in [2.75, 3.05) is 31.1 Å². The average Bonchev–Trinajstić information content (AvgIpc) is 3.25. The molecule has 3 aliphatic rings. The Balaban J connectivity index is 1.70. The lowest BCUT2D eigenvalue weighted by Gasteiger charge is -2.48. The van der Waals surface area contributed by atoms with E-state index >= 15 is 0 Å². The highest BCUT2D eigenvalue weighted by Crippen LogP contribution is 2.48. The summed E-state index contributed by atoms with van der Waals surface area (Å²) in [6, 6.07) is 0. The summed E-state index contributed by atoms with van der Waals surface area (Å²) in [4.78, 5) is 2.78. The monoisotopic (exact) mass is 268 g/mol. The van der Waals surface area contributed by atoms with Crippen molar-refractivity contribution in [1.82, 2.24) is 4.90 Å². The van der Waals surface area contributed by atoms with E-state index in [0.717, 1.165) is 18.4 Å². The molecule has 0 aromatic heterocycles. The highest BCUT2D eigenvalue weighted by molar-refractivity contribution is 7.99. The molecule has 0 bridgehead atoms. The van der Waals surface area contributed by atoms with Gasteiger partial charge in [-0.25, -0.2) is 0 Å². The molecule has 2 saturated carbocycles. The fourth-order valence-corrected chi connectivity index (χ4v) is 5.06. The Labute approximate surface area is 116 Å². The fourth-order valence-electron chi connectivity index (χ4n) is 4.18. The molecule has 2 atom stereocenters. The van der Waals surface area contributed by atoms with E-state index < -0.39 is 0 Å². The molecule has 1 heterocycles. The number of nitrogens with zero attached hydrogens (tertiary/aromatic N) is 1.